The average molecular weight is 362 g/mol. The van der Waals surface area contributed by atoms with Crippen molar-refractivity contribution in [2.75, 3.05) is 11.1 Å². The van der Waals surface area contributed by atoms with Crippen LogP contribution in [0.3, 0.4) is 0 Å². The fraction of sp³-hybridized carbons (Fsp3) is 0.222. The molecule has 0 saturated heterocycles. The second-order valence-electron chi connectivity index (χ2n) is 3.50. The van der Waals surface area contributed by atoms with Crippen molar-refractivity contribution in [2.24, 2.45) is 0 Å². The second kappa shape index (κ2) is 5.47. The van der Waals surface area contributed by atoms with Crippen molar-refractivity contribution in [1.29, 1.82) is 0 Å². The van der Waals surface area contributed by atoms with Crippen molar-refractivity contribution in [3.05, 3.63) is 28.2 Å². The summed E-state index contributed by atoms with van der Waals surface area (Å²) in [6.07, 6.45) is -4.60. The Morgan fingerprint density at radius 3 is 2.37 bits per heavy atom. The van der Waals surface area contributed by atoms with Gasteiger partial charge in [-0.05, 0) is 18.2 Å². The third kappa shape index (κ3) is 5.57. The predicted octanol–water partition coefficient (Wildman–Crippen LogP) is 2.29. The van der Waals surface area contributed by atoms with Crippen LogP contribution in [0.15, 0.2) is 22.7 Å². The minimum absolute atomic E-state index is 0.0597. The average Bonchev–Trinajstić information content (AvgIpc) is 2.11. The van der Waals surface area contributed by atoms with Gasteiger partial charge in [-0.15, -0.1) is 0 Å². The Kier molecular flexibility index (Phi) is 4.59. The summed E-state index contributed by atoms with van der Waals surface area (Å²) in [5.74, 6) is -2.38. The topological polar surface area (TPSA) is 83.5 Å². The summed E-state index contributed by atoms with van der Waals surface area (Å²) >= 11 is 2.84. The van der Waals surface area contributed by atoms with Gasteiger partial charge in [0.25, 0.3) is 10.1 Å². The fourth-order valence-electron chi connectivity index (χ4n) is 1.19. The van der Waals surface area contributed by atoms with E-state index < -0.39 is 33.5 Å². The lowest BCUT2D eigenvalue weighted by Gasteiger charge is -2.10. The number of carbonyl (C=O) groups is 1. The van der Waals surface area contributed by atoms with Gasteiger partial charge in [-0.2, -0.15) is 21.6 Å². The maximum Gasteiger partial charge on any atom is 0.416 e. The van der Waals surface area contributed by atoms with Gasteiger partial charge in [-0.1, -0.05) is 15.9 Å². The molecule has 0 unspecified atom stereocenters. The number of amides is 1. The fourth-order valence-corrected chi connectivity index (χ4v) is 2.08. The van der Waals surface area contributed by atoms with Crippen LogP contribution >= 0.6 is 15.9 Å². The van der Waals surface area contributed by atoms with Crippen LogP contribution in [0.2, 0.25) is 0 Å². The summed E-state index contributed by atoms with van der Waals surface area (Å²) in [6.45, 7) is 0. The van der Waals surface area contributed by atoms with Gasteiger partial charge in [0.15, 0.2) is 5.75 Å². The lowest BCUT2D eigenvalue weighted by atomic mass is 10.2. The Hall–Kier alpha value is -1.13. The molecule has 0 radical (unpaired) electrons. The van der Waals surface area contributed by atoms with Crippen LogP contribution in [0.4, 0.5) is 18.9 Å². The number of anilines is 1. The summed E-state index contributed by atoms with van der Waals surface area (Å²) in [5, 5.41) is 1.94. The van der Waals surface area contributed by atoms with Gasteiger partial charge < -0.3 is 5.32 Å². The Bertz CT molecular complexity index is 600. The smallest absolute Gasteiger partial charge is 0.325 e. The van der Waals surface area contributed by atoms with Gasteiger partial charge in [0.1, 0.15) is 0 Å². The normalized spacial score (nSPS) is 12.3. The van der Waals surface area contributed by atoms with Crippen LogP contribution < -0.4 is 5.32 Å². The van der Waals surface area contributed by atoms with E-state index in [-0.39, 0.29) is 10.2 Å². The third-order valence-electron chi connectivity index (χ3n) is 1.82. The van der Waals surface area contributed by atoms with E-state index >= 15 is 0 Å². The first-order valence-corrected chi connectivity index (χ1v) is 7.00. The Balaban J connectivity index is 2.97. The molecule has 0 spiro atoms. The van der Waals surface area contributed by atoms with Gasteiger partial charge in [-0.3, -0.25) is 9.35 Å². The Morgan fingerprint density at radius 2 is 1.89 bits per heavy atom. The highest BCUT2D eigenvalue weighted by Crippen LogP contribution is 2.33. The van der Waals surface area contributed by atoms with Crippen molar-refractivity contribution in [1.82, 2.24) is 0 Å². The first-order chi connectivity index (χ1) is 8.47. The summed E-state index contributed by atoms with van der Waals surface area (Å²) in [5.41, 5.74) is -1.25. The number of carbonyl (C=O) groups excluding carboxylic acids is 1. The molecule has 1 rings (SSSR count). The molecule has 1 amide bonds. The molecule has 0 aliphatic carbocycles. The molecule has 0 aliphatic rings. The summed E-state index contributed by atoms with van der Waals surface area (Å²) in [7, 11) is -4.54. The van der Waals surface area contributed by atoms with Crippen molar-refractivity contribution in [3.8, 4) is 0 Å². The molecular weight excluding hydrogens is 355 g/mol. The SMILES string of the molecule is O=C(CS(=O)(=O)O)Nc1cc(Br)cc(C(F)(F)F)c1. The highest BCUT2D eigenvalue weighted by molar-refractivity contribution is 9.10. The van der Waals surface area contributed by atoms with Gasteiger partial charge in [-0.25, -0.2) is 0 Å². The molecule has 1 aromatic rings. The minimum Gasteiger partial charge on any atom is -0.325 e. The van der Waals surface area contributed by atoms with Crippen LogP contribution in [0.25, 0.3) is 0 Å². The maximum absolute atomic E-state index is 12.5. The highest BCUT2D eigenvalue weighted by atomic mass is 79.9. The van der Waals surface area contributed by atoms with Crippen LogP contribution in [-0.2, 0) is 21.1 Å². The molecule has 0 saturated carbocycles. The number of nitrogens with one attached hydrogen (secondary N) is 1. The molecule has 0 aromatic heterocycles. The van der Waals surface area contributed by atoms with E-state index in [1.165, 1.54) is 0 Å². The van der Waals surface area contributed by atoms with Gasteiger partial charge in [0.2, 0.25) is 5.91 Å². The monoisotopic (exact) mass is 361 g/mol. The zero-order chi connectivity index (χ0) is 14.8. The van der Waals surface area contributed by atoms with Crippen molar-refractivity contribution >= 4 is 37.6 Å². The van der Waals surface area contributed by atoms with Gasteiger partial charge in [0, 0.05) is 10.2 Å². The summed E-state index contributed by atoms with van der Waals surface area (Å²) in [4.78, 5) is 11.2. The molecule has 0 atom stereocenters. The lowest BCUT2D eigenvalue weighted by Crippen LogP contribution is -2.22. The Labute approximate surface area is 114 Å². The highest BCUT2D eigenvalue weighted by Gasteiger charge is 2.31. The standard InChI is InChI=1S/C9H7BrF3NO4S/c10-6-1-5(9(11,12)13)2-7(3-6)14-8(15)4-19(16,17)18/h1-3H,4H2,(H,14,15)(H,16,17,18). The van der Waals surface area contributed by atoms with E-state index in [9.17, 15) is 26.4 Å². The van der Waals surface area contributed by atoms with E-state index in [1.54, 1.807) is 0 Å². The molecule has 19 heavy (non-hydrogen) atoms. The molecular formula is C9H7BrF3NO4S. The van der Waals surface area contributed by atoms with E-state index in [4.69, 9.17) is 4.55 Å². The van der Waals surface area contributed by atoms with E-state index in [0.29, 0.717) is 6.07 Å². The quantitative estimate of drug-likeness (QED) is 0.809. The van der Waals surface area contributed by atoms with Crippen LogP contribution in [-0.4, -0.2) is 24.6 Å². The van der Waals surface area contributed by atoms with Gasteiger partial charge in [0.05, 0.1) is 5.56 Å². The molecule has 106 valence electrons. The maximum atomic E-state index is 12.5. The molecule has 5 nitrogen and oxygen atoms in total. The zero-order valence-corrected chi connectivity index (χ0v) is 11.4. The first kappa shape index (κ1) is 15.9. The number of hydrogen-bond acceptors (Lipinski definition) is 3. The largest absolute Gasteiger partial charge is 0.416 e. The van der Waals surface area contributed by atoms with Crippen molar-refractivity contribution < 1.29 is 30.9 Å². The summed E-state index contributed by atoms with van der Waals surface area (Å²) in [6, 6.07) is 2.61. The van der Waals surface area contributed by atoms with Crippen LogP contribution in [0.5, 0.6) is 0 Å². The molecule has 0 aliphatic heterocycles. The zero-order valence-electron chi connectivity index (χ0n) is 9.03. The molecule has 0 fully saturated rings. The first-order valence-electron chi connectivity index (χ1n) is 4.60. The van der Waals surface area contributed by atoms with Crippen LogP contribution in [0, 0.1) is 0 Å². The molecule has 1 aromatic carbocycles. The van der Waals surface area contributed by atoms with Crippen molar-refractivity contribution in [3.63, 3.8) is 0 Å². The number of alkyl halides is 3. The molecule has 0 bridgehead atoms. The number of halogens is 4. The number of hydrogen-bond donors (Lipinski definition) is 2. The third-order valence-corrected chi connectivity index (χ3v) is 2.91. The van der Waals surface area contributed by atoms with Crippen LogP contribution in [0.1, 0.15) is 5.56 Å². The molecule has 10 heteroatoms. The molecule has 0 heterocycles. The predicted molar refractivity (Wildman–Crippen MR) is 64.2 cm³/mol. The number of benzene rings is 1. The van der Waals surface area contributed by atoms with Crippen molar-refractivity contribution in [2.45, 2.75) is 6.18 Å². The summed E-state index contributed by atoms with van der Waals surface area (Å²) < 4.78 is 66.8. The number of rotatable bonds is 3. The second-order valence-corrected chi connectivity index (χ2v) is 5.87. The van der Waals surface area contributed by atoms with E-state index in [1.807, 2.05) is 5.32 Å². The van der Waals surface area contributed by atoms with E-state index in [0.717, 1.165) is 12.1 Å². The Morgan fingerprint density at radius 1 is 1.32 bits per heavy atom. The lowest BCUT2D eigenvalue weighted by molar-refractivity contribution is -0.137. The van der Waals surface area contributed by atoms with E-state index in [2.05, 4.69) is 15.9 Å². The molecule has 2 N–H and O–H groups in total. The minimum atomic E-state index is -4.60. The van der Waals surface area contributed by atoms with Gasteiger partial charge >= 0.3 is 6.18 Å².